The van der Waals surface area contributed by atoms with Crippen LogP contribution in [0, 0.1) is 17.6 Å². The second kappa shape index (κ2) is 8.19. The molecule has 0 bridgehead atoms. The van der Waals surface area contributed by atoms with Crippen LogP contribution in [-0.2, 0) is 9.53 Å². The fraction of sp³-hybridized carbons (Fsp3) is 0.562. The van der Waals surface area contributed by atoms with E-state index in [1.54, 1.807) is 0 Å². The van der Waals surface area contributed by atoms with Gasteiger partial charge in [-0.05, 0) is 32.4 Å². The predicted molar refractivity (Wildman–Crippen MR) is 79.3 cm³/mol. The van der Waals surface area contributed by atoms with Crippen LogP contribution in [0.3, 0.4) is 0 Å². The number of benzene rings is 1. The van der Waals surface area contributed by atoms with Gasteiger partial charge < -0.3 is 15.4 Å². The zero-order valence-corrected chi connectivity index (χ0v) is 12.7. The van der Waals surface area contributed by atoms with Crippen molar-refractivity contribution in [2.24, 2.45) is 5.92 Å². The molecule has 2 rings (SSSR count). The van der Waals surface area contributed by atoms with Gasteiger partial charge in [0.2, 0.25) is 5.91 Å². The van der Waals surface area contributed by atoms with Crippen LogP contribution in [0.25, 0.3) is 0 Å². The van der Waals surface area contributed by atoms with E-state index in [9.17, 15) is 13.6 Å². The van der Waals surface area contributed by atoms with E-state index in [4.69, 9.17) is 4.74 Å². The first-order chi connectivity index (χ1) is 10.6. The summed E-state index contributed by atoms with van der Waals surface area (Å²) in [5.41, 5.74) is 0.179. The van der Waals surface area contributed by atoms with E-state index in [0.29, 0.717) is 13.1 Å². The van der Waals surface area contributed by atoms with Crippen LogP contribution in [0.4, 0.5) is 8.78 Å². The van der Waals surface area contributed by atoms with Crippen molar-refractivity contribution >= 4 is 5.91 Å². The number of amides is 1. The molecule has 2 atom stereocenters. The molecule has 6 heteroatoms. The number of likely N-dealkylation sites (N-methyl/N-ethyl adjacent to an activating group) is 1. The van der Waals surface area contributed by atoms with Crippen LogP contribution in [0.2, 0.25) is 0 Å². The minimum atomic E-state index is -0.895. The number of nitrogens with one attached hydrogen (secondary N) is 2. The van der Waals surface area contributed by atoms with Gasteiger partial charge in [0.15, 0.2) is 11.6 Å². The Hall–Kier alpha value is -1.53. The molecule has 0 spiro atoms. The van der Waals surface area contributed by atoms with Crippen molar-refractivity contribution in [1.29, 1.82) is 0 Å². The summed E-state index contributed by atoms with van der Waals surface area (Å²) in [5.74, 6) is -2.03. The Kier molecular flexibility index (Phi) is 6.27. The smallest absolute Gasteiger partial charge is 0.246 e. The number of hydrogen-bond acceptors (Lipinski definition) is 3. The van der Waals surface area contributed by atoms with Crippen molar-refractivity contribution < 1.29 is 18.3 Å². The van der Waals surface area contributed by atoms with E-state index in [0.717, 1.165) is 25.5 Å². The topological polar surface area (TPSA) is 50.4 Å². The lowest BCUT2D eigenvalue weighted by atomic mass is 9.89. The van der Waals surface area contributed by atoms with E-state index >= 15 is 0 Å². The minimum Gasteiger partial charge on any atom is -0.363 e. The van der Waals surface area contributed by atoms with Gasteiger partial charge in [-0.25, -0.2) is 8.78 Å². The van der Waals surface area contributed by atoms with Gasteiger partial charge >= 0.3 is 0 Å². The van der Waals surface area contributed by atoms with Crippen molar-refractivity contribution in [1.82, 2.24) is 10.6 Å². The molecule has 0 saturated carbocycles. The van der Waals surface area contributed by atoms with Gasteiger partial charge in [0.05, 0.1) is 6.10 Å². The molecule has 0 aliphatic carbocycles. The molecule has 22 heavy (non-hydrogen) atoms. The lowest BCUT2D eigenvalue weighted by molar-refractivity contribution is -0.129. The quantitative estimate of drug-likeness (QED) is 0.846. The van der Waals surface area contributed by atoms with E-state index in [2.05, 4.69) is 10.6 Å². The summed E-state index contributed by atoms with van der Waals surface area (Å²) in [6.45, 7) is 3.73. The Morgan fingerprint density at radius 3 is 3.00 bits per heavy atom. The number of halogens is 2. The van der Waals surface area contributed by atoms with Crippen LogP contribution in [0.5, 0.6) is 0 Å². The number of rotatable bonds is 6. The fourth-order valence-electron chi connectivity index (χ4n) is 2.77. The summed E-state index contributed by atoms with van der Waals surface area (Å²) >= 11 is 0. The van der Waals surface area contributed by atoms with Gasteiger partial charge in [-0.15, -0.1) is 0 Å². The molecular weight excluding hydrogens is 290 g/mol. The molecule has 1 aliphatic heterocycles. The first kappa shape index (κ1) is 16.8. The number of piperidine rings is 1. The Morgan fingerprint density at radius 2 is 2.32 bits per heavy atom. The van der Waals surface area contributed by atoms with Gasteiger partial charge in [0, 0.05) is 24.6 Å². The molecular formula is C16H22F2N2O2. The Balaban J connectivity index is 2.16. The average Bonchev–Trinajstić information content (AvgIpc) is 2.53. The molecule has 0 aromatic heterocycles. The SMILES string of the molecule is CCNC(=O)CO[C@@H](c1cccc(F)c1F)[C@@H]1CCCNC1. The first-order valence-corrected chi connectivity index (χ1v) is 7.66. The normalized spacial score (nSPS) is 19.7. The summed E-state index contributed by atoms with van der Waals surface area (Å²) in [4.78, 5) is 11.6. The zero-order valence-electron chi connectivity index (χ0n) is 12.7. The van der Waals surface area contributed by atoms with Crippen molar-refractivity contribution in [2.45, 2.75) is 25.9 Å². The third-order valence-electron chi connectivity index (χ3n) is 3.82. The molecule has 1 saturated heterocycles. The maximum atomic E-state index is 14.1. The second-order valence-corrected chi connectivity index (χ2v) is 5.43. The molecule has 0 unspecified atom stereocenters. The standard InChI is InChI=1S/C16H22F2N2O2/c1-2-20-14(21)10-22-16(11-5-4-8-19-9-11)12-6-3-7-13(17)15(12)18/h3,6-7,11,16,19H,2,4-5,8-10H2,1H3,(H,20,21)/t11-,16-/m1/s1. The maximum Gasteiger partial charge on any atom is 0.246 e. The molecule has 1 fully saturated rings. The minimum absolute atomic E-state index is 0.0134. The molecule has 1 amide bonds. The van der Waals surface area contributed by atoms with E-state index in [-0.39, 0.29) is 24.0 Å². The number of carbonyl (C=O) groups is 1. The molecule has 1 aromatic carbocycles. The van der Waals surface area contributed by atoms with Crippen LogP contribution >= 0.6 is 0 Å². The highest BCUT2D eigenvalue weighted by atomic mass is 19.2. The van der Waals surface area contributed by atoms with Gasteiger partial charge in [-0.3, -0.25) is 4.79 Å². The molecule has 4 nitrogen and oxygen atoms in total. The summed E-state index contributed by atoms with van der Waals surface area (Å²) in [6.07, 6.45) is 1.16. The lowest BCUT2D eigenvalue weighted by Crippen LogP contribution is -2.36. The van der Waals surface area contributed by atoms with Gasteiger partial charge in [-0.2, -0.15) is 0 Å². The molecule has 1 heterocycles. The largest absolute Gasteiger partial charge is 0.363 e. The van der Waals surface area contributed by atoms with Gasteiger partial charge in [0.25, 0.3) is 0 Å². The average molecular weight is 312 g/mol. The highest BCUT2D eigenvalue weighted by molar-refractivity contribution is 5.77. The predicted octanol–water partition coefficient (Wildman–Crippen LogP) is 2.16. The summed E-state index contributed by atoms with van der Waals surface area (Å²) in [7, 11) is 0. The highest BCUT2D eigenvalue weighted by Gasteiger charge is 2.29. The monoisotopic (exact) mass is 312 g/mol. The van der Waals surface area contributed by atoms with Gasteiger partial charge in [0.1, 0.15) is 6.61 Å². The fourth-order valence-corrected chi connectivity index (χ4v) is 2.77. The molecule has 1 aliphatic rings. The number of ether oxygens (including phenoxy) is 1. The molecule has 122 valence electrons. The van der Waals surface area contributed by atoms with Crippen molar-refractivity contribution in [3.63, 3.8) is 0 Å². The zero-order chi connectivity index (χ0) is 15.9. The molecule has 2 N–H and O–H groups in total. The van der Waals surface area contributed by atoms with E-state index in [1.165, 1.54) is 12.1 Å². The van der Waals surface area contributed by atoms with Gasteiger partial charge in [-0.1, -0.05) is 12.1 Å². The van der Waals surface area contributed by atoms with E-state index < -0.39 is 17.7 Å². The third kappa shape index (κ3) is 4.24. The van der Waals surface area contributed by atoms with Crippen LogP contribution in [0.1, 0.15) is 31.4 Å². The van der Waals surface area contributed by atoms with Crippen molar-refractivity contribution in [3.05, 3.63) is 35.4 Å². The Labute approximate surface area is 129 Å². The number of carbonyl (C=O) groups excluding carboxylic acids is 1. The molecule has 1 aromatic rings. The van der Waals surface area contributed by atoms with Crippen LogP contribution in [0.15, 0.2) is 18.2 Å². The summed E-state index contributed by atoms with van der Waals surface area (Å²) in [6, 6.07) is 4.07. The third-order valence-corrected chi connectivity index (χ3v) is 3.82. The molecule has 0 radical (unpaired) electrons. The second-order valence-electron chi connectivity index (χ2n) is 5.43. The first-order valence-electron chi connectivity index (χ1n) is 7.66. The summed E-state index contributed by atoms with van der Waals surface area (Å²) in [5, 5.41) is 5.87. The van der Waals surface area contributed by atoms with E-state index in [1.807, 2.05) is 6.92 Å². The number of hydrogen-bond donors (Lipinski definition) is 2. The lowest BCUT2D eigenvalue weighted by Gasteiger charge is -2.31. The van der Waals surface area contributed by atoms with Crippen LogP contribution < -0.4 is 10.6 Å². The van der Waals surface area contributed by atoms with Crippen LogP contribution in [-0.4, -0.2) is 32.1 Å². The Morgan fingerprint density at radius 1 is 1.50 bits per heavy atom. The van der Waals surface area contributed by atoms with Crippen molar-refractivity contribution in [2.75, 3.05) is 26.2 Å². The Bertz CT molecular complexity index is 505. The highest BCUT2D eigenvalue weighted by Crippen LogP contribution is 2.32. The summed E-state index contributed by atoms with van der Waals surface area (Å²) < 4.78 is 33.3. The maximum absolute atomic E-state index is 14.1. The van der Waals surface area contributed by atoms with Crippen molar-refractivity contribution in [3.8, 4) is 0 Å².